The van der Waals surface area contributed by atoms with E-state index in [1.165, 1.54) is 6.42 Å². The zero-order valence-corrected chi connectivity index (χ0v) is 14.1. The Balaban J connectivity index is 2.23. The lowest BCUT2D eigenvalue weighted by atomic mass is 9.89. The highest BCUT2D eigenvalue weighted by molar-refractivity contribution is 5.97. The van der Waals surface area contributed by atoms with Gasteiger partial charge in [-0.15, -0.1) is 0 Å². The number of carbonyl (C=O) groups excluding carboxylic acids is 2. The Morgan fingerprint density at radius 2 is 1.90 bits per heavy atom. The monoisotopic (exact) mass is 294 g/mol. The highest BCUT2D eigenvalue weighted by Crippen LogP contribution is 2.39. The number of hydrogen-bond acceptors (Lipinski definition) is 2. The molecule has 120 valence electrons. The molecule has 2 aliphatic rings. The van der Waals surface area contributed by atoms with Gasteiger partial charge in [0.25, 0.3) is 0 Å². The molecule has 0 bridgehead atoms. The van der Waals surface area contributed by atoms with Crippen LogP contribution in [-0.2, 0) is 9.59 Å². The normalized spacial score (nSPS) is 38.5. The van der Waals surface area contributed by atoms with Crippen molar-refractivity contribution in [1.82, 2.24) is 10.2 Å². The first kappa shape index (κ1) is 16.3. The molecule has 1 heterocycles. The van der Waals surface area contributed by atoms with Crippen molar-refractivity contribution in [2.45, 2.75) is 78.4 Å². The van der Waals surface area contributed by atoms with Gasteiger partial charge < -0.3 is 10.2 Å². The number of rotatable bonds is 4. The first-order valence-electron chi connectivity index (χ1n) is 8.54. The van der Waals surface area contributed by atoms with E-state index in [1.54, 1.807) is 0 Å². The summed E-state index contributed by atoms with van der Waals surface area (Å²) in [5.41, 5.74) is 0. The number of nitrogens with zero attached hydrogens (tertiary/aromatic N) is 1. The predicted octanol–water partition coefficient (Wildman–Crippen LogP) is 2.57. The third kappa shape index (κ3) is 2.82. The summed E-state index contributed by atoms with van der Waals surface area (Å²) < 4.78 is 0. The fraction of sp³-hybridized carbons (Fsp3) is 0.882. The van der Waals surface area contributed by atoms with Crippen LogP contribution in [0.2, 0.25) is 0 Å². The van der Waals surface area contributed by atoms with Gasteiger partial charge >= 0.3 is 0 Å². The first-order chi connectivity index (χ1) is 9.92. The summed E-state index contributed by atoms with van der Waals surface area (Å²) in [6, 6.07) is -0.442. The standard InChI is InChI=1S/C17H30N2O2/c1-6-10(3)15-17(21)19(12(5)16(20)18-15)14-9-8-13(7-2)11(14)4/h10-15H,6-9H2,1-5H3,(H,18,20). The van der Waals surface area contributed by atoms with Gasteiger partial charge in [-0.25, -0.2) is 0 Å². The minimum atomic E-state index is -0.341. The number of amides is 2. The molecule has 1 saturated heterocycles. The number of carbonyl (C=O) groups is 2. The number of piperazine rings is 1. The predicted molar refractivity (Wildman–Crippen MR) is 83.7 cm³/mol. The minimum absolute atomic E-state index is 0.00653. The van der Waals surface area contributed by atoms with Crippen LogP contribution in [0.5, 0.6) is 0 Å². The Labute approximate surface area is 128 Å². The zero-order valence-electron chi connectivity index (χ0n) is 14.1. The Morgan fingerprint density at radius 1 is 1.24 bits per heavy atom. The van der Waals surface area contributed by atoms with Crippen LogP contribution in [0.4, 0.5) is 0 Å². The lowest BCUT2D eigenvalue weighted by Gasteiger charge is -2.44. The van der Waals surface area contributed by atoms with E-state index in [0.29, 0.717) is 11.8 Å². The van der Waals surface area contributed by atoms with Gasteiger partial charge in [0, 0.05) is 6.04 Å². The van der Waals surface area contributed by atoms with Gasteiger partial charge in [-0.3, -0.25) is 9.59 Å². The summed E-state index contributed by atoms with van der Waals surface area (Å²) in [4.78, 5) is 27.1. The fourth-order valence-electron chi connectivity index (χ4n) is 4.08. The van der Waals surface area contributed by atoms with Crippen LogP contribution in [0.15, 0.2) is 0 Å². The Hall–Kier alpha value is -1.06. The summed E-state index contributed by atoms with van der Waals surface area (Å²) >= 11 is 0. The lowest BCUT2D eigenvalue weighted by Crippen LogP contribution is -2.66. The van der Waals surface area contributed by atoms with E-state index in [1.807, 2.05) is 18.7 Å². The molecule has 6 unspecified atom stereocenters. The lowest BCUT2D eigenvalue weighted by molar-refractivity contribution is -0.153. The van der Waals surface area contributed by atoms with Crippen molar-refractivity contribution in [2.75, 3.05) is 0 Å². The van der Waals surface area contributed by atoms with Gasteiger partial charge in [-0.2, -0.15) is 0 Å². The molecule has 1 aliphatic carbocycles. The first-order valence-corrected chi connectivity index (χ1v) is 8.54. The molecule has 4 heteroatoms. The molecule has 21 heavy (non-hydrogen) atoms. The molecule has 6 atom stereocenters. The summed E-state index contributed by atoms with van der Waals surface area (Å²) in [5, 5.41) is 2.93. The second-order valence-electron chi connectivity index (χ2n) is 6.97. The second kappa shape index (κ2) is 6.37. The van der Waals surface area contributed by atoms with Crippen molar-refractivity contribution in [3.8, 4) is 0 Å². The Kier molecular flexibility index (Phi) is 4.95. The molecule has 0 aromatic heterocycles. The van der Waals surface area contributed by atoms with Crippen LogP contribution < -0.4 is 5.32 Å². The summed E-state index contributed by atoms with van der Waals surface area (Å²) in [6.07, 6.45) is 4.27. The van der Waals surface area contributed by atoms with E-state index in [4.69, 9.17) is 0 Å². The van der Waals surface area contributed by atoms with Crippen molar-refractivity contribution >= 4 is 11.8 Å². The van der Waals surface area contributed by atoms with Crippen molar-refractivity contribution in [2.24, 2.45) is 17.8 Å². The third-order valence-electron chi connectivity index (χ3n) is 5.89. The van der Waals surface area contributed by atoms with Crippen LogP contribution in [0.25, 0.3) is 0 Å². The van der Waals surface area contributed by atoms with Crippen LogP contribution in [-0.4, -0.2) is 34.8 Å². The van der Waals surface area contributed by atoms with E-state index in [0.717, 1.165) is 19.3 Å². The summed E-state index contributed by atoms with van der Waals surface area (Å²) in [6.45, 7) is 10.4. The van der Waals surface area contributed by atoms with Crippen molar-refractivity contribution in [1.29, 1.82) is 0 Å². The highest BCUT2D eigenvalue weighted by atomic mass is 16.2. The molecule has 4 nitrogen and oxygen atoms in total. The smallest absolute Gasteiger partial charge is 0.246 e. The number of nitrogens with one attached hydrogen (secondary N) is 1. The molecular weight excluding hydrogens is 264 g/mol. The summed E-state index contributed by atoms with van der Waals surface area (Å²) in [7, 11) is 0. The van der Waals surface area contributed by atoms with Gasteiger partial charge in [-0.05, 0) is 37.5 Å². The molecular formula is C17H30N2O2. The SMILES string of the molecule is CCC(C)C1NC(=O)C(C)N(C2CCC(CC)C2C)C1=O. The Bertz CT molecular complexity index is 410. The molecule has 2 fully saturated rings. The van der Waals surface area contributed by atoms with E-state index in [9.17, 15) is 9.59 Å². The van der Waals surface area contributed by atoms with Crippen LogP contribution in [0.3, 0.4) is 0 Å². The zero-order chi connectivity index (χ0) is 15.7. The Morgan fingerprint density at radius 3 is 2.43 bits per heavy atom. The minimum Gasteiger partial charge on any atom is -0.342 e. The van der Waals surface area contributed by atoms with Crippen molar-refractivity contribution < 1.29 is 9.59 Å². The topological polar surface area (TPSA) is 49.4 Å². The van der Waals surface area contributed by atoms with Crippen LogP contribution >= 0.6 is 0 Å². The van der Waals surface area contributed by atoms with E-state index in [2.05, 4.69) is 26.1 Å². The molecule has 0 radical (unpaired) electrons. The van der Waals surface area contributed by atoms with Gasteiger partial charge in [0.05, 0.1) is 0 Å². The molecule has 0 spiro atoms. The largest absolute Gasteiger partial charge is 0.342 e. The quantitative estimate of drug-likeness (QED) is 0.866. The molecule has 0 aromatic carbocycles. The van der Waals surface area contributed by atoms with E-state index < -0.39 is 0 Å². The molecule has 2 rings (SSSR count). The molecule has 0 aromatic rings. The van der Waals surface area contributed by atoms with Gasteiger partial charge in [0.15, 0.2) is 0 Å². The van der Waals surface area contributed by atoms with Crippen molar-refractivity contribution in [3.05, 3.63) is 0 Å². The van der Waals surface area contributed by atoms with E-state index >= 15 is 0 Å². The van der Waals surface area contributed by atoms with Gasteiger partial charge in [0.2, 0.25) is 11.8 Å². The fourth-order valence-corrected chi connectivity index (χ4v) is 4.08. The third-order valence-corrected chi connectivity index (χ3v) is 5.89. The van der Waals surface area contributed by atoms with Gasteiger partial charge in [0.1, 0.15) is 12.1 Å². The van der Waals surface area contributed by atoms with E-state index in [-0.39, 0.29) is 35.9 Å². The highest BCUT2D eigenvalue weighted by Gasteiger charge is 2.47. The number of hydrogen-bond donors (Lipinski definition) is 1. The average molecular weight is 294 g/mol. The van der Waals surface area contributed by atoms with Crippen molar-refractivity contribution in [3.63, 3.8) is 0 Å². The molecule has 1 aliphatic heterocycles. The maximum absolute atomic E-state index is 12.9. The average Bonchev–Trinajstić information content (AvgIpc) is 2.83. The maximum atomic E-state index is 12.9. The summed E-state index contributed by atoms with van der Waals surface area (Å²) in [5.74, 6) is 1.50. The van der Waals surface area contributed by atoms with Crippen LogP contribution in [0, 0.1) is 17.8 Å². The second-order valence-corrected chi connectivity index (χ2v) is 6.97. The van der Waals surface area contributed by atoms with Gasteiger partial charge in [-0.1, -0.05) is 40.5 Å². The molecule has 1 saturated carbocycles. The molecule has 2 amide bonds. The maximum Gasteiger partial charge on any atom is 0.246 e. The van der Waals surface area contributed by atoms with Crippen LogP contribution in [0.1, 0.15) is 60.3 Å². The molecule has 1 N–H and O–H groups in total.